The quantitative estimate of drug-likeness (QED) is 0.428. The molecular formula is C10H13ClN4O2S. The van der Waals surface area contributed by atoms with Gasteiger partial charge in [-0.05, 0) is 23.9 Å². The standard InChI is InChI=1S/C10H13ClN4O2S/c1-6(14-15-10(12)17)8-2-7(5-18-8)4-13-9(16)3-11/h2,5H,3-4H2,1H3,(H,13,16)(H3,12,15,17)/b14-6+. The van der Waals surface area contributed by atoms with Crippen molar-refractivity contribution in [1.82, 2.24) is 10.7 Å². The largest absolute Gasteiger partial charge is 0.351 e. The SMILES string of the molecule is C/C(=N\NC(N)=O)c1cc(CNC(=O)CCl)cs1. The van der Waals surface area contributed by atoms with Gasteiger partial charge < -0.3 is 11.1 Å². The summed E-state index contributed by atoms with van der Waals surface area (Å²) in [6.45, 7) is 2.17. The van der Waals surface area contributed by atoms with Gasteiger partial charge in [-0.1, -0.05) is 0 Å². The molecule has 0 fully saturated rings. The zero-order valence-corrected chi connectivity index (χ0v) is 11.3. The minimum Gasteiger partial charge on any atom is -0.351 e. The molecule has 4 N–H and O–H groups in total. The van der Waals surface area contributed by atoms with E-state index in [9.17, 15) is 9.59 Å². The average molecular weight is 289 g/mol. The molecule has 0 radical (unpaired) electrons. The molecular weight excluding hydrogens is 276 g/mol. The minimum atomic E-state index is -0.708. The van der Waals surface area contributed by atoms with Crippen LogP contribution in [0.4, 0.5) is 4.79 Å². The molecule has 98 valence electrons. The Morgan fingerprint density at radius 1 is 1.56 bits per heavy atom. The maximum Gasteiger partial charge on any atom is 0.332 e. The summed E-state index contributed by atoms with van der Waals surface area (Å²) in [6.07, 6.45) is 0. The number of carbonyl (C=O) groups is 2. The molecule has 1 aromatic heterocycles. The second-order valence-corrected chi connectivity index (χ2v) is 4.58. The topological polar surface area (TPSA) is 96.6 Å². The summed E-state index contributed by atoms with van der Waals surface area (Å²) >= 11 is 6.83. The Labute approximate surface area is 113 Å². The molecule has 6 nitrogen and oxygen atoms in total. The van der Waals surface area contributed by atoms with Gasteiger partial charge >= 0.3 is 6.03 Å². The lowest BCUT2D eigenvalue weighted by atomic mass is 10.2. The maximum absolute atomic E-state index is 11.0. The molecule has 3 amide bonds. The van der Waals surface area contributed by atoms with Crippen molar-refractivity contribution in [3.8, 4) is 0 Å². The highest BCUT2D eigenvalue weighted by molar-refractivity contribution is 7.12. The predicted molar refractivity (Wildman–Crippen MR) is 71.8 cm³/mol. The predicted octanol–water partition coefficient (Wildman–Crippen LogP) is 0.995. The van der Waals surface area contributed by atoms with Crippen LogP contribution < -0.4 is 16.5 Å². The number of rotatable bonds is 5. The Bertz CT molecular complexity index is 472. The molecule has 0 atom stereocenters. The van der Waals surface area contributed by atoms with Crippen LogP contribution in [0.5, 0.6) is 0 Å². The van der Waals surface area contributed by atoms with Gasteiger partial charge in [-0.2, -0.15) is 5.10 Å². The number of hydrazone groups is 1. The summed E-state index contributed by atoms with van der Waals surface area (Å²) < 4.78 is 0. The van der Waals surface area contributed by atoms with Crippen LogP contribution in [-0.2, 0) is 11.3 Å². The van der Waals surface area contributed by atoms with Gasteiger partial charge in [0, 0.05) is 6.54 Å². The van der Waals surface area contributed by atoms with Crippen LogP contribution >= 0.6 is 22.9 Å². The van der Waals surface area contributed by atoms with Crippen molar-refractivity contribution in [2.24, 2.45) is 10.8 Å². The van der Waals surface area contributed by atoms with Crippen LogP contribution in [0.3, 0.4) is 0 Å². The van der Waals surface area contributed by atoms with Gasteiger partial charge in [0.15, 0.2) is 0 Å². The number of nitrogens with two attached hydrogens (primary N) is 1. The van der Waals surface area contributed by atoms with Crippen molar-refractivity contribution >= 4 is 40.6 Å². The monoisotopic (exact) mass is 288 g/mol. The van der Waals surface area contributed by atoms with Crippen molar-refractivity contribution in [1.29, 1.82) is 0 Å². The summed E-state index contributed by atoms with van der Waals surface area (Å²) in [7, 11) is 0. The number of thiophene rings is 1. The first kappa shape index (κ1) is 14.5. The van der Waals surface area contributed by atoms with E-state index in [2.05, 4.69) is 15.8 Å². The number of alkyl halides is 1. The number of urea groups is 1. The second kappa shape index (κ2) is 6.97. The van der Waals surface area contributed by atoms with E-state index in [1.807, 2.05) is 11.4 Å². The highest BCUT2D eigenvalue weighted by Crippen LogP contribution is 2.15. The molecule has 0 bridgehead atoms. The van der Waals surface area contributed by atoms with Gasteiger partial charge in [0.25, 0.3) is 0 Å². The molecule has 1 rings (SSSR count). The van der Waals surface area contributed by atoms with Gasteiger partial charge in [-0.15, -0.1) is 22.9 Å². The molecule has 0 aliphatic heterocycles. The molecule has 0 aliphatic carbocycles. The van der Waals surface area contributed by atoms with E-state index in [4.69, 9.17) is 17.3 Å². The third-order valence-corrected chi connectivity index (χ3v) is 3.29. The highest BCUT2D eigenvalue weighted by atomic mass is 35.5. The molecule has 0 unspecified atom stereocenters. The number of carbonyl (C=O) groups excluding carboxylic acids is 2. The Balaban J connectivity index is 2.59. The lowest BCUT2D eigenvalue weighted by Crippen LogP contribution is -2.25. The van der Waals surface area contributed by atoms with Crippen molar-refractivity contribution in [2.45, 2.75) is 13.5 Å². The summed E-state index contributed by atoms with van der Waals surface area (Å²) in [5, 5.41) is 8.37. The van der Waals surface area contributed by atoms with E-state index in [0.717, 1.165) is 10.4 Å². The van der Waals surface area contributed by atoms with Crippen LogP contribution in [0.1, 0.15) is 17.4 Å². The van der Waals surface area contributed by atoms with Crippen LogP contribution in [-0.4, -0.2) is 23.5 Å². The van der Waals surface area contributed by atoms with E-state index in [0.29, 0.717) is 12.3 Å². The molecule has 0 spiro atoms. The van der Waals surface area contributed by atoms with Gasteiger partial charge in [-0.3, -0.25) is 4.79 Å². The first-order valence-electron chi connectivity index (χ1n) is 5.03. The fraction of sp³-hybridized carbons (Fsp3) is 0.300. The van der Waals surface area contributed by atoms with Crippen LogP contribution in [0.2, 0.25) is 0 Å². The maximum atomic E-state index is 11.0. The Hall–Kier alpha value is -1.60. The van der Waals surface area contributed by atoms with E-state index in [1.165, 1.54) is 11.3 Å². The number of hydrogen-bond donors (Lipinski definition) is 3. The normalized spacial score (nSPS) is 11.1. The number of nitrogens with zero attached hydrogens (tertiary/aromatic N) is 1. The molecule has 0 aliphatic rings. The van der Waals surface area contributed by atoms with Crippen molar-refractivity contribution in [3.63, 3.8) is 0 Å². The van der Waals surface area contributed by atoms with Crippen molar-refractivity contribution in [3.05, 3.63) is 21.9 Å². The summed E-state index contributed by atoms with van der Waals surface area (Å²) in [5.41, 5.74) is 8.66. The average Bonchev–Trinajstić information content (AvgIpc) is 2.81. The van der Waals surface area contributed by atoms with Crippen molar-refractivity contribution < 1.29 is 9.59 Å². The van der Waals surface area contributed by atoms with E-state index >= 15 is 0 Å². The van der Waals surface area contributed by atoms with E-state index in [-0.39, 0.29) is 11.8 Å². The van der Waals surface area contributed by atoms with E-state index in [1.54, 1.807) is 6.92 Å². The number of hydrogen-bond acceptors (Lipinski definition) is 4. The molecule has 8 heteroatoms. The first-order valence-corrected chi connectivity index (χ1v) is 6.44. The smallest absolute Gasteiger partial charge is 0.332 e. The Morgan fingerprint density at radius 3 is 2.89 bits per heavy atom. The molecule has 0 saturated carbocycles. The van der Waals surface area contributed by atoms with Crippen LogP contribution in [0, 0.1) is 0 Å². The number of nitrogens with one attached hydrogen (secondary N) is 2. The highest BCUT2D eigenvalue weighted by Gasteiger charge is 2.05. The number of amides is 3. The van der Waals surface area contributed by atoms with Gasteiger partial charge in [-0.25, -0.2) is 10.2 Å². The Morgan fingerprint density at radius 2 is 2.28 bits per heavy atom. The lowest BCUT2D eigenvalue weighted by molar-refractivity contribution is -0.118. The summed E-state index contributed by atoms with van der Waals surface area (Å²) in [6, 6.07) is 1.17. The molecule has 1 heterocycles. The number of primary amides is 1. The van der Waals surface area contributed by atoms with E-state index < -0.39 is 6.03 Å². The Kier molecular flexibility index (Phi) is 5.60. The molecule has 1 aromatic rings. The fourth-order valence-electron chi connectivity index (χ4n) is 1.10. The minimum absolute atomic E-state index is 0.0555. The van der Waals surface area contributed by atoms with Gasteiger partial charge in [0.05, 0.1) is 10.6 Å². The van der Waals surface area contributed by atoms with Crippen LogP contribution in [0.25, 0.3) is 0 Å². The zero-order chi connectivity index (χ0) is 13.5. The van der Waals surface area contributed by atoms with Crippen LogP contribution in [0.15, 0.2) is 16.5 Å². The first-order chi connectivity index (χ1) is 8.52. The third-order valence-electron chi connectivity index (χ3n) is 1.96. The fourth-order valence-corrected chi connectivity index (χ4v) is 2.06. The van der Waals surface area contributed by atoms with Crippen molar-refractivity contribution in [2.75, 3.05) is 5.88 Å². The molecule has 18 heavy (non-hydrogen) atoms. The molecule has 0 saturated heterocycles. The number of halogens is 1. The van der Waals surface area contributed by atoms with Gasteiger partial charge in [0.2, 0.25) is 5.91 Å². The summed E-state index contributed by atoms with van der Waals surface area (Å²) in [4.78, 5) is 22.4. The lowest BCUT2D eigenvalue weighted by Gasteiger charge is -1.99. The second-order valence-electron chi connectivity index (χ2n) is 3.40. The third kappa shape index (κ3) is 4.72. The van der Waals surface area contributed by atoms with Gasteiger partial charge in [0.1, 0.15) is 5.88 Å². The summed E-state index contributed by atoms with van der Waals surface area (Å²) in [5.74, 6) is -0.273. The molecule has 0 aromatic carbocycles. The zero-order valence-electron chi connectivity index (χ0n) is 9.70.